The zero-order valence-electron chi connectivity index (χ0n) is 17.3. The van der Waals surface area contributed by atoms with Crippen molar-refractivity contribution < 1.29 is 28.1 Å². The van der Waals surface area contributed by atoms with Crippen LogP contribution in [0, 0.1) is 5.41 Å². The third kappa shape index (κ3) is 4.26. The fraction of sp³-hybridized carbons (Fsp3) is 0.455. The lowest BCUT2D eigenvalue weighted by molar-refractivity contribution is -0.274. The Morgan fingerprint density at radius 3 is 2.27 bits per heavy atom. The lowest BCUT2D eigenvalue weighted by Crippen LogP contribution is -2.63. The largest absolute Gasteiger partial charge is 0.573 e. The fourth-order valence-electron chi connectivity index (χ4n) is 4.38. The van der Waals surface area contributed by atoms with Crippen molar-refractivity contribution in [3.8, 4) is 5.75 Å². The maximum Gasteiger partial charge on any atom is 0.573 e. The standard InChI is InChI=1S/C22H27F3N2O3/c1-20(14-26(2)15-20)21(29,16-7-9-19(10-8-16)30-22(23,24)25)17-5-4-6-18(13-17)27(3)11-12-28/h4-10,13,28-29H,11-12,14-15H2,1-3H3/t21-/m0/s1. The van der Waals surface area contributed by atoms with Gasteiger partial charge >= 0.3 is 6.36 Å². The van der Waals surface area contributed by atoms with Crippen LogP contribution in [0.5, 0.6) is 5.75 Å². The van der Waals surface area contributed by atoms with Gasteiger partial charge in [0, 0.05) is 37.8 Å². The second kappa shape index (κ2) is 8.09. The molecule has 30 heavy (non-hydrogen) atoms. The highest BCUT2D eigenvalue weighted by Crippen LogP contribution is 2.50. The number of anilines is 1. The average Bonchev–Trinajstić information content (AvgIpc) is 2.66. The maximum atomic E-state index is 12.5. The van der Waals surface area contributed by atoms with E-state index in [1.807, 2.05) is 50.2 Å². The third-order valence-corrected chi connectivity index (χ3v) is 5.76. The zero-order chi connectivity index (χ0) is 22.2. The summed E-state index contributed by atoms with van der Waals surface area (Å²) in [5, 5.41) is 21.3. The number of aliphatic hydroxyl groups is 2. The monoisotopic (exact) mass is 424 g/mol. The highest BCUT2D eigenvalue weighted by Gasteiger charge is 2.55. The molecule has 164 valence electrons. The smallest absolute Gasteiger partial charge is 0.406 e. The molecule has 1 heterocycles. The molecule has 2 N–H and O–H groups in total. The summed E-state index contributed by atoms with van der Waals surface area (Å²) < 4.78 is 41.5. The van der Waals surface area contributed by atoms with Gasteiger partial charge in [0.2, 0.25) is 0 Å². The van der Waals surface area contributed by atoms with Crippen LogP contribution in [0.15, 0.2) is 48.5 Å². The third-order valence-electron chi connectivity index (χ3n) is 5.76. The van der Waals surface area contributed by atoms with E-state index in [0.717, 1.165) is 5.69 Å². The Hall–Kier alpha value is -2.29. The van der Waals surface area contributed by atoms with Crippen LogP contribution in [-0.4, -0.2) is 61.8 Å². The number of likely N-dealkylation sites (N-methyl/N-ethyl adjacent to an activating group) is 1. The van der Waals surface area contributed by atoms with E-state index in [0.29, 0.717) is 30.8 Å². The van der Waals surface area contributed by atoms with E-state index in [1.54, 1.807) is 0 Å². The summed E-state index contributed by atoms with van der Waals surface area (Å²) in [6, 6.07) is 12.8. The summed E-state index contributed by atoms with van der Waals surface area (Å²) in [7, 11) is 3.80. The number of ether oxygens (including phenoxy) is 1. The van der Waals surface area contributed by atoms with Crippen LogP contribution in [0.25, 0.3) is 0 Å². The molecule has 0 aromatic heterocycles. The van der Waals surface area contributed by atoms with Crippen molar-refractivity contribution in [3.63, 3.8) is 0 Å². The van der Waals surface area contributed by atoms with Crippen molar-refractivity contribution in [2.45, 2.75) is 18.9 Å². The van der Waals surface area contributed by atoms with Crippen LogP contribution < -0.4 is 9.64 Å². The SMILES string of the molecule is CN1CC(C)([C@](O)(c2ccc(OC(F)(F)F)cc2)c2cccc(N(C)CCO)c2)C1. The first-order valence-corrected chi connectivity index (χ1v) is 9.68. The van der Waals surface area contributed by atoms with E-state index in [9.17, 15) is 23.4 Å². The minimum Gasteiger partial charge on any atom is -0.406 e. The predicted octanol–water partition coefficient (Wildman–Crippen LogP) is 3.20. The van der Waals surface area contributed by atoms with Crippen molar-refractivity contribution in [2.75, 3.05) is 45.2 Å². The summed E-state index contributed by atoms with van der Waals surface area (Å²) in [6.45, 7) is 3.65. The molecule has 2 aromatic rings. The number of hydrogen-bond acceptors (Lipinski definition) is 5. The highest BCUT2D eigenvalue weighted by atomic mass is 19.4. The quantitative estimate of drug-likeness (QED) is 0.715. The Morgan fingerprint density at radius 2 is 1.73 bits per heavy atom. The molecule has 1 fully saturated rings. The van der Waals surface area contributed by atoms with Crippen LogP contribution in [0.3, 0.4) is 0 Å². The Bertz CT molecular complexity index is 867. The maximum absolute atomic E-state index is 12.5. The first-order chi connectivity index (χ1) is 14.0. The molecule has 0 bridgehead atoms. The predicted molar refractivity (Wildman–Crippen MR) is 109 cm³/mol. The number of hydrogen-bond donors (Lipinski definition) is 2. The molecule has 0 aliphatic carbocycles. The fourth-order valence-corrected chi connectivity index (χ4v) is 4.38. The average molecular weight is 424 g/mol. The van der Waals surface area contributed by atoms with Crippen molar-refractivity contribution in [3.05, 3.63) is 59.7 Å². The number of halogens is 3. The summed E-state index contributed by atoms with van der Waals surface area (Å²) in [5.41, 5.74) is 0.00187. The van der Waals surface area contributed by atoms with Gasteiger partial charge in [-0.1, -0.05) is 31.2 Å². The molecule has 5 nitrogen and oxygen atoms in total. The van der Waals surface area contributed by atoms with Crippen molar-refractivity contribution in [1.29, 1.82) is 0 Å². The van der Waals surface area contributed by atoms with E-state index >= 15 is 0 Å². The lowest BCUT2D eigenvalue weighted by Gasteiger charge is -2.56. The van der Waals surface area contributed by atoms with Gasteiger partial charge in [-0.15, -0.1) is 13.2 Å². The minimum atomic E-state index is -4.77. The van der Waals surface area contributed by atoms with E-state index < -0.39 is 17.4 Å². The number of aliphatic hydroxyl groups excluding tert-OH is 1. The summed E-state index contributed by atoms with van der Waals surface area (Å²) in [5.74, 6) is -0.332. The molecule has 1 aliphatic rings. The Morgan fingerprint density at radius 1 is 1.10 bits per heavy atom. The van der Waals surface area contributed by atoms with Gasteiger partial charge in [-0.3, -0.25) is 0 Å². The number of nitrogens with zero attached hydrogens (tertiary/aromatic N) is 2. The van der Waals surface area contributed by atoms with Crippen LogP contribution in [0.1, 0.15) is 18.1 Å². The molecule has 8 heteroatoms. The lowest BCUT2D eigenvalue weighted by atomic mass is 9.62. The summed E-state index contributed by atoms with van der Waals surface area (Å²) in [4.78, 5) is 3.95. The summed E-state index contributed by atoms with van der Waals surface area (Å²) in [6.07, 6.45) is -4.77. The van der Waals surface area contributed by atoms with Crippen LogP contribution in [-0.2, 0) is 5.60 Å². The van der Waals surface area contributed by atoms with Crippen LogP contribution in [0.4, 0.5) is 18.9 Å². The second-order valence-electron chi connectivity index (χ2n) is 8.21. The second-order valence-corrected chi connectivity index (χ2v) is 8.21. The molecule has 1 aliphatic heterocycles. The van der Waals surface area contributed by atoms with E-state index in [4.69, 9.17) is 0 Å². The molecule has 1 saturated heterocycles. The normalized spacial score (nSPS) is 18.4. The van der Waals surface area contributed by atoms with Gasteiger partial charge in [0.15, 0.2) is 0 Å². The van der Waals surface area contributed by atoms with Crippen molar-refractivity contribution in [2.24, 2.45) is 5.41 Å². The Labute approximate surface area is 174 Å². The van der Waals surface area contributed by atoms with Gasteiger partial charge < -0.3 is 24.7 Å². The summed E-state index contributed by atoms with van der Waals surface area (Å²) >= 11 is 0. The van der Waals surface area contributed by atoms with Crippen molar-refractivity contribution >= 4 is 5.69 Å². The Balaban J connectivity index is 2.04. The number of likely N-dealkylation sites (tertiary alicyclic amines) is 1. The van der Waals surface area contributed by atoms with Gasteiger partial charge in [0.1, 0.15) is 11.4 Å². The molecule has 0 radical (unpaired) electrons. The molecule has 2 aromatic carbocycles. The zero-order valence-corrected chi connectivity index (χ0v) is 17.3. The van der Waals surface area contributed by atoms with Gasteiger partial charge in [-0.25, -0.2) is 0 Å². The van der Waals surface area contributed by atoms with Gasteiger partial charge in [0.25, 0.3) is 0 Å². The minimum absolute atomic E-state index is 0.00578. The van der Waals surface area contributed by atoms with E-state index in [1.165, 1.54) is 24.3 Å². The van der Waals surface area contributed by atoms with Gasteiger partial charge in [0.05, 0.1) is 6.61 Å². The number of rotatable bonds is 7. The molecule has 3 rings (SSSR count). The molecule has 0 unspecified atom stereocenters. The number of benzene rings is 2. The molecule has 1 atom stereocenters. The first-order valence-electron chi connectivity index (χ1n) is 9.68. The van der Waals surface area contributed by atoms with Crippen LogP contribution >= 0.6 is 0 Å². The van der Waals surface area contributed by atoms with Gasteiger partial charge in [-0.05, 0) is 42.4 Å². The highest BCUT2D eigenvalue weighted by molar-refractivity contribution is 5.52. The van der Waals surface area contributed by atoms with Crippen LogP contribution in [0.2, 0.25) is 0 Å². The van der Waals surface area contributed by atoms with Crippen molar-refractivity contribution in [1.82, 2.24) is 4.90 Å². The first kappa shape index (κ1) is 22.4. The van der Waals surface area contributed by atoms with E-state index in [2.05, 4.69) is 9.64 Å². The molecule has 0 saturated carbocycles. The topological polar surface area (TPSA) is 56.2 Å². The van der Waals surface area contributed by atoms with E-state index in [-0.39, 0.29) is 12.4 Å². The Kier molecular flexibility index (Phi) is 6.04. The molecule has 0 spiro atoms. The van der Waals surface area contributed by atoms with Gasteiger partial charge in [-0.2, -0.15) is 0 Å². The number of alkyl halides is 3. The molecular weight excluding hydrogens is 397 g/mol. The molecular formula is C22H27F3N2O3. The molecule has 0 amide bonds.